The van der Waals surface area contributed by atoms with Crippen molar-refractivity contribution < 1.29 is 4.42 Å². The van der Waals surface area contributed by atoms with Crippen LogP contribution in [0, 0.1) is 0 Å². The molecule has 2 aromatic heterocycles. The van der Waals surface area contributed by atoms with Crippen molar-refractivity contribution >= 4 is 83.6 Å². The summed E-state index contributed by atoms with van der Waals surface area (Å²) in [5.41, 5.74) is 7.58. The molecule has 0 radical (unpaired) electrons. The van der Waals surface area contributed by atoms with Gasteiger partial charge in [-0.2, -0.15) is 0 Å². The third kappa shape index (κ3) is 4.01. The molecule has 0 saturated carbocycles. The number of furan rings is 1. The zero-order valence-corrected chi connectivity index (χ0v) is 24.9. The second kappa shape index (κ2) is 9.74. The van der Waals surface area contributed by atoms with Gasteiger partial charge in [-0.3, -0.25) is 0 Å². The number of anilines is 3. The normalized spacial score (nSPS) is 11.7. The van der Waals surface area contributed by atoms with E-state index in [9.17, 15) is 0 Å². The van der Waals surface area contributed by atoms with Gasteiger partial charge < -0.3 is 0 Å². The van der Waals surface area contributed by atoms with Gasteiger partial charge in [-0.25, -0.2) is 0 Å². The Bertz CT molecular complexity index is 2450. The van der Waals surface area contributed by atoms with Gasteiger partial charge >= 0.3 is 220 Å². The summed E-state index contributed by atoms with van der Waals surface area (Å²) in [6.07, 6.45) is 0. The molecule has 0 bridgehead atoms. The third-order valence-electron chi connectivity index (χ3n) is 8.46. The summed E-state index contributed by atoms with van der Waals surface area (Å²) in [7, 11) is 0. The van der Waals surface area contributed by atoms with E-state index in [1.165, 1.54) is 41.2 Å². The van der Waals surface area contributed by atoms with Crippen molar-refractivity contribution in [3.8, 4) is 11.1 Å². The van der Waals surface area contributed by atoms with Crippen LogP contribution < -0.4 is 4.90 Å². The molecular formula is C40H25NOSe. The van der Waals surface area contributed by atoms with Crippen LogP contribution in [0.1, 0.15) is 0 Å². The summed E-state index contributed by atoms with van der Waals surface area (Å²) in [4.78, 5) is 2.30. The zero-order chi connectivity index (χ0) is 28.3. The predicted octanol–water partition coefficient (Wildman–Crippen LogP) is 11.2. The maximum absolute atomic E-state index is 6.25. The molecule has 2 heterocycles. The topological polar surface area (TPSA) is 16.4 Å². The molecular weight excluding hydrogens is 589 g/mol. The summed E-state index contributed by atoms with van der Waals surface area (Å²) in [5.74, 6) is 0. The number of para-hydroxylation sites is 2. The second-order valence-electron chi connectivity index (χ2n) is 11.0. The molecule has 0 saturated heterocycles. The fraction of sp³-hybridized carbons (Fsp3) is 0. The van der Waals surface area contributed by atoms with Gasteiger partial charge in [0.1, 0.15) is 5.58 Å². The standard InChI is InChI=1S/C40H25NOSe/c1-2-9-29(10-3-1)41(31-20-23-34-33-12-6-7-13-37(33)42-38(34)25-31)30-18-14-26(15-19-30)28-17-21-35-36-22-16-27-8-4-5-11-32(27)40(36)43-39(35)24-28/h1-25H. The first-order chi connectivity index (χ1) is 21.3. The van der Waals surface area contributed by atoms with E-state index < -0.39 is 0 Å². The molecule has 2 nitrogen and oxygen atoms in total. The number of fused-ring (bicyclic) bond motifs is 8. The number of rotatable bonds is 4. The van der Waals surface area contributed by atoms with Gasteiger partial charge in [0.25, 0.3) is 0 Å². The van der Waals surface area contributed by atoms with Crippen LogP contribution in [-0.4, -0.2) is 14.5 Å². The van der Waals surface area contributed by atoms with E-state index in [2.05, 4.69) is 144 Å². The Hall–Kier alpha value is -5.08. The van der Waals surface area contributed by atoms with Crippen LogP contribution in [-0.2, 0) is 0 Å². The molecule has 9 aromatic rings. The van der Waals surface area contributed by atoms with E-state index in [0.717, 1.165) is 39.0 Å². The molecule has 202 valence electrons. The van der Waals surface area contributed by atoms with Gasteiger partial charge in [-0.05, 0) is 6.07 Å². The van der Waals surface area contributed by atoms with Crippen LogP contribution in [0.3, 0.4) is 0 Å². The minimum atomic E-state index is 0.293. The Kier molecular flexibility index (Phi) is 5.55. The van der Waals surface area contributed by atoms with Gasteiger partial charge in [-0.1, -0.05) is 18.2 Å². The molecule has 7 aromatic carbocycles. The number of hydrogen-bond acceptors (Lipinski definition) is 2. The Morgan fingerprint density at radius 1 is 0.419 bits per heavy atom. The fourth-order valence-corrected chi connectivity index (χ4v) is 9.05. The van der Waals surface area contributed by atoms with E-state index in [1.807, 2.05) is 12.1 Å². The third-order valence-corrected chi connectivity index (χ3v) is 11.0. The quantitative estimate of drug-likeness (QED) is 0.183. The first kappa shape index (κ1) is 24.5. The predicted molar refractivity (Wildman–Crippen MR) is 183 cm³/mol. The Morgan fingerprint density at radius 3 is 1.95 bits per heavy atom. The molecule has 0 unspecified atom stereocenters. The molecule has 0 amide bonds. The number of hydrogen-bond donors (Lipinski definition) is 0. The molecule has 0 atom stereocenters. The molecule has 43 heavy (non-hydrogen) atoms. The first-order valence-electron chi connectivity index (χ1n) is 14.5. The molecule has 9 rings (SSSR count). The SMILES string of the molecule is c1ccc(N(c2ccc(-c3ccc4c(c3)[se]c3c5ccccc5ccc43)cc2)c2ccc3c(c2)oc2ccccc23)cc1. The van der Waals surface area contributed by atoms with Crippen molar-refractivity contribution in [2.45, 2.75) is 0 Å². The molecule has 3 heteroatoms. The summed E-state index contributed by atoms with van der Waals surface area (Å²) in [5, 5.41) is 7.79. The summed E-state index contributed by atoms with van der Waals surface area (Å²) in [6.45, 7) is 0. The average Bonchev–Trinajstić information content (AvgIpc) is 3.63. The van der Waals surface area contributed by atoms with Crippen LogP contribution in [0.2, 0.25) is 0 Å². The van der Waals surface area contributed by atoms with Crippen molar-refractivity contribution in [1.29, 1.82) is 0 Å². The van der Waals surface area contributed by atoms with Gasteiger partial charge in [0, 0.05) is 5.39 Å². The van der Waals surface area contributed by atoms with Crippen molar-refractivity contribution in [2.24, 2.45) is 0 Å². The van der Waals surface area contributed by atoms with Gasteiger partial charge in [0.2, 0.25) is 0 Å². The maximum atomic E-state index is 6.25. The van der Waals surface area contributed by atoms with Crippen molar-refractivity contribution in [1.82, 2.24) is 0 Å². The first-order valence-corrected chi connectivity index (χ1v) is 16.2. The number of benzene rings is 7. The molecule has 0 aliphatic rings. The van der Waals surface area contributed by atoms with Crippen LogP contribution in [0.25, 0.3) is 63.1 Å². The second-order valence-corrected chi connectivity index (χ2v) is 13.2. The molecule has 0 N–H and O–H groups in total. The van der Waals surface area contributed by atoms with Crippen LogP contribution in [0.4, 0.5) is 17.1 Å². The van der Waals surface area contributed by atoms with E-state index in [1.54, 1.807) is 0 Å². The Balaban J connectivity index is 1.12. The van der Waals surface area contributed by atoms with Gasteiger partial charge in [-0.15, -0.1) is 0 Å². The van der Waals surface area contributed by atoms with Crippen molar-refractivity contribution in [3.05, 3.63) is 152 Å². The Morgan fingerprint density at radius 2 is 1.07 bits per heavy atom. The molecule has 0 spiro atoms. The van der Waals surface area contributed by atoms with E-state index in [0.29, 0.717) is 14.5 Å². The summed E-state index contributed by atoms with van der Waals surface area (Å²) < 4.78 is 9.22. The molecule has 0 aliphatic carbocycles. The van der Waals surface area contributed by atoms with Gasteiger partial charge in [0.05, 0.1) is 0 Å². The van der Waals surface area contributed by atoms with E-state index in [4.69, 9.17) is 4.42 Å². The van der Waals surface area contributed by atoms with Crippen LogP contribution >= 0.6 is 0 Å². The van der Waals surface area contributed by atoms with Crippen LogP contribution in [0.5, 0.6) is 0 Å². The minimum absolute atomic E-state index is 0.293. The van der Waals surface area contributed by atoms with Crippen molar-refractivity contribution in [2.75, 3.05) is 4.90 Å². The van der Waals surface area contributed by atoms with E-state index in [-0.39, 0.29) is 0 Å². The summed E-state index contributed by atoms with van der Waals surface area (Å²) >= 11 is 0.293. The van der Waals surface area contributed by atoms with Crippen LogP contribution in [0.15, 0.2) is 156 Å². The zero-order valence-electron chi connectivity index (χ0n) is 23.2. The molecule has 0 aliphatic heterocycles. The van der Waals surface area contributed by atoms with Crippen molar-refractivity contribution in [3.63, 3.8) is 0 Å². The average molecular weight is 615 g/mol. The molecule has 0 fully saturated rings. The Labute approximate surface area is 254 Å². The number of nitrogens with zero attached hydrogens (tertiary/aromatic N) is 1. The fourth-order valence-electron chi connectivity index (χ4n) is 6.36. The monoisotopic (exact) mass is 615 g/mol. The summed E-state index contributed by atoms with van der Waals surface area (Å²) in [6, 6.07) is 54.6. The van der Waals surface area contributed by atoms with Gasteiger partial charge in [0.15, 0.2) is 0 Å². The van der Waals surface area contributed by atoms with E-state index >= 15 is 0 Å².